The average Bonchev–Trinajstić information content (AvgIpc) is 3.27. The van der Waals surface area contributed by atoms with Crippen LogP contribution in [0.25, 0.3) is 10.2 Å². The van der Waals surface area contributed by atoms with Crippen LogP contribution in [-0.2, 0) is 6.54 Å². The molecule has 0 amide bonds. The van der Waals surface area contributed by atoms with Crippen LogP contribution in [0.5, 0.6) is 11.5 Å². The van der Waals surface area contributed by atoms with Crippen LogP contribution in [0.1, 0.15) is 32.2 Å². The monoisotopic (exact) mass is 479 g/mol. The second kappa shape index (κ2) is 8.83. The first-order chi connectivity index (χ1) is 15.9. The van der Waals surface area contributed by atoms with Crippen molar-refractivity contribution < 1.29 is 14.3 Å². The van der Waals surface area contributed by atoms with Crippen LogP contribution < -0.4 is 9.47 Å². The molecule has 1 unspecified atom stereocenters. The lowest BCUT2D eigenvalue weighted by atomic mass is 10.2. The highest BCUT2D eigenvalue weighted by atomic mass is 32.2. The van der Waals surface area contributed by atoms with E-state index in [2.05, 4.69) is 28.4 Å². The Hall–Kier alpha value is -2.84. The lowest BCUT2D eigenvalue weighted by molar-refractivity contribution is 0.0777. The van der Waals surface area contributed by atoms with E-state index in [4.69, 9.17) is 9.47 Å². The molecule has 0 saturated carbocycles. The average molecular weight is 480 g/mol. The van der Waals surface area contributed by atoms with Gasteiger partial charge in [0.15, 0.2) is 23.4 Å². The fourth-order valence-electron chi connectivity index (χ4n) is 4.19. The van der Waals surface area contributed by atoms with Crippen molar-refractivity contribution in [2.75, 3.05) is 12.4 Å². The molecule has 1 aromatic carbocycles. The van der Waals surface area contributed by atoms with Gasteiger partial charge < -0.3 is 14.0 Å². The summed E-state index contributed by atoms with van der Waals surface area (Å²) in [5, 5.41) is 1.94. The number of hydrogen-bond acceptors (Lipinski definition) is 7. The number of carbonyl (C=O) groups excluding carboxylic acids is 1. The van der Waals surface area contributed by atoms with Gasteiger partial charge in [0.25, 0.3) is 0 Å². The Bertz CT molecular complexity index is 1360. The van der Waals surface area contributed by atoms with Gasteiger partial charge in [0.1, 0.15) is 22.8 Å². The van der Waals surface area contributed by atoms with E-state index in [-0.39, 0.29) is 11.9 Å². The highest BCUT2D eigenvalue weighted by molar-refractivity contribution is 8.00. The van der Waals surface area contributed by atoms with E-state index in [0.717, 1.165) is 43.7 Å². The Morgan fingerprint density at radius 1 is 1.18 bits per heavy atom. The molecule has 8 heteroatoms. The molecule has 0 saturated heterocycles. The number of para-hydroxylation sites is 2. The van der Waals surface area contributed by atoms with Crippen molar-refractivity contribution in [1.29, 1.82) is 0 Å². The summed E-state index contributed by atoms with van der Waals surface area (Å²) < 4.78 is 14.1. The molecule has 1 aliphatic rings. The molecule has 5 rings (SSSR count). The maximum absolute atomic E-state index is 13.2. The van der Waals surface area contributed by atoms with Gasteiger partial charge in [-0.2, -0.15) is 0 Å². The van der Waals surface area contributed by atoms with E-state index in [1.807, 2.05) is 44.2 Å². The molecule has 0 radical (unpaired) electrons. The van der Waals surface area contributed by atoms with E-state index in [1.165, 1.54) is 22.2 Å². The highest BCUT2D eigenvalue weighted by Crippen LogP contribution is 2.35. The summed E-state index contributed by atoms with van der Waals surface area (Å²) in [5.74, 6) is 1.97. The first-order valence-corrected chi connectivity index (χ1v) is 12.6. The Morgan fingerprint density at radius 2 is 1.97 bits per heavy atom. The number of aromatic nitrogens is 3. The molecule has 170 valence electrons. The zero-order valence-electron chi connectivity index (χ0n) is 19.0. The molecule has 1 atom stereocenters. The van der Waals surface area contributed by atoms with Crippen molar-refractivity contribution >= 4 is 39.1 Å². The maximum atomic E-state index is 13.2. The molecule has 6 nitrogen and oxygen atoms in total. The number of Topliss-reactive ketones (excluding diaryl/α,β-unsaturated/α-hetero) is 1. The minimum atomic E-state index is -0.110. The van der Waals surface area contributed by atoms with E-state index < -0.39 is 0 Å². The van der Waals surface area contributed by atoms with Crippen LogP contribution in [0.4, 0.5) is 0 Å². The summed E-state index contributed by atoms with van der Waals surface area (Å²) in [6.45, 7) is 9.32. The third-order valence-electron chi connectivity index (χ3n) is 6.10. The van der Waals surface area contributed by atoms with Crippen molar-refractivity contribution in [2.24, 2.45) is 0 Å². The lowest BCUT2D eigenvalue weighted by Crippen LogP contribution is -2.33. The fourth-order valence-corrected chi connectivity index (χ4v) is 6.19. The maximum Gasteiger partial charge on any atom is 0.174 e. The minimum Gasteiger partial charge on any atom is -0.486 e. The third kappa shape index (κ3) is 4.13. The normalized spacial score (nSPS) is 15.2. The van der Waals surface area contributed by atoms with Crippen molar-refractivity contribution in [3.8, 4) is 11.5 Å². The zero-order valence-corrected chi connectivity index (χ0v) is 20.7. The zero-order chi connectivity index (χ0) is 23.1. The molecular weight excluding hydrogens is 454 g/mol. The summed E-state index contributed by atoms with van der Waals surface area (Å²) in [5.41, 5.74) is 3.94. The molecule has 3 aromatic heterocycles. The van der Waals surface area contributed by atoms with Gasteiger partial charge in [-0.05, 0) is 51.5 Å². The quantitative estimate of drug-likeness (QED) is 0.205. The van der Waals surface area contributed by atoms with Gasteiger partial charge in [-0.3, -0.25) is 4.79 Å². The molecule has 0 fully saturated rings. The summed E-state index contributed by atoms with van der Waals surface area (Å²) >= 11 is 3.15. The summed E-state index contributed by atoms with van der Waals surface area (Å²) in [7, 11) is 0. The summed E-state index contributed by atoms with van der Waals surface area (Å²) in [6.07, 6.45) is 1.47. The first kappa shape index (κ1) is 22.0. The third-order valence-corrected chi connectivity index (χ3v) is 8.20. The minimum absolute atomic E-state index is 0.0990. The largest absolute Gasteiger partial charge is 0.486 e. The smallest absolute Gasteiger partial charge is 0.174 e. The molecule has 4 aromatic rings. The number of carbonyl (C=O) groups is 1. The molecule has 0 spiro atoms. The van der Waals surface area contributed by atoms with Crippen LogP contribution in [0.15, 0.2) is 41.7 Å². The van der Waals surface area contributed by atoms with Crippen LogP contribution in [0.2, 0.25) is 0 Å². The lowest BCUT2D eigenvalue weighted by Gasteiger charge is -2.27. The molecule has 1 aliphatic heterocycles. The van der Waals surface area contributed by atoms with Gasteiger partial charge in [-0.15, -0.1) is 11.3 Å². The number of ether oxygens (including phenoxy) is 2. The summed E-state index contributed by atoms with van der Waals surface area (Å²) in [4.78, 5) is 24.2. The van der Waals surface area contributed by atoms with Crippen molar-refractivity contribution in [3.05, 3.63) is 64.1 Å². The summed E-state index contributed by atoms with van der Waals surface area (Å²) in [6, 6.07) is 9.69. The number of thioether (sulfide) groups is 1. The van der Waals surface area contributed by atoms with Gasteiger partial charge in [0.05, 0.1) is 12.3 Å². The second-order valence-corrected chi connectivity index (χ2v) is 10.4. The predicted molar refractivity (Wildman–Crippen MR) is 132 cm³/mol. The second-order valence-electron chi connectivity index (χ2n) is 8.25. The Morgan fingerprint density at radius 3 is 2.79 bits per heavy atom. The van der Waals surface area contributed by atoms with Crippen molar-refractivity contribution in [2.45, 2.75) is 45.4 Å². The number of aryl methyl sites for hydroxylation is 3. The number of fused-ring (bicyclic) bond motifs is 2. The van der Waals surface area contributed by atoms with E-state index >= 15 is 0 Å². The Kier molecular flexibility index (Phi) is 5.88. The highest BCUT2D eigenvalue weighted by Gasteiger charge is 2.24. The van der Waals surface area contributed by atoms with Crippen molar-refractivity contribution in [3.63, 3.8) is 0 Å². The van der Waals surface area contributed by atoms with Crippen LogP contribution >= 0.6 is 23.1 Å². The van der Waals surface area contributed by atoms with Crippen LogP contribution in [0.3, 0.4) is 0 Å². The standard InChI is InChI=1S/C25H25N3O3S2/c1-14-9-19(16(3)28(14)10-18-11-30-21-7-5-6-8-22(21)31-18)20(29)12-32-24-23-15(2)17(4)33-25(23)27-13-26-24/h5-9,13,18H,10-12H2,1-4H3. The van der Waals surface area contributed by atoms with Gasteiger partial charge in [-0.1, -0.05) is 23.9 Å². The van der Waals surface area contributed by atoms with Crippen LogP contribution in [-0.4, -0.2) is 38.8 Å². The Labute approximate surface area is 201 Å². The van der Waals surface area contributed by atoms with Gasteiger partial charge >= 0.3 is 0 Å². The van der Waals surface area contributed by atoms with Gasteiger partial charge in [-0.25, -0.2) is 9.97 Å². The topological polar surface area (TPSA) is 66.2 Å². The van der Waals surface area contributed by atoms with E-state index in [0.29, 0.717) is 18.9 Å². The number of nitrogens with zero attached hydrogens (tertiary/aromatic N) is 3. The number of thiophene rings is 1. The molecule has 0 N–H and O–H groups in total. The number of rotatable bonds is 6. The molecule has 33 heavy (non-hydrogen) atoms. The molecular formula is C25H25N3O3S2. The SMILES string of the molecule is Cc1sc2ncnc(SCC(=O)c3cc(C)n(CC4COc5ccccc5O4)c3C)c2c1C. The van der Waals surface area contributed by atoms with E-state index in [1.54, 1.807) is 17.7 Å². The fraction of sp³-hybridized carbons (Fsp3) is 0.320. The van der Waals surface area contributed by atoms with Gasteiger partial charge in [0.2, 0.25) is 0 Å². The van der Waals surface area contributed by atoms with E-state index in [9.17, 15) is 4.79 Å². The number of hydrogen-bond donors (Lipinski definition) is 0. The Balaban J connectivity index is 1.31. The van der Waals surface area contributed by atoms with Crippen LogP contribution in [0, 0.1) is 27.7 Å². The first-order valence-electron chi connectivity index (χ1n) is 10.8. The van der Waals surface area contributed by atoms with Crippen molar-refractivity contribution in [1.82, 2.24) is 14.5 Å². The number of benzene rings is 1. The number of ketones is 1. The molecule has 0 bridgehead atoms. The van der Waals surface area contributed by atoms with Gasteiger partial charge in [0, 0.05) is 27.2 Å². The molecule has 0 aliphatic carbocycles. The predicted octanol–water partition coefficient (Wildman–Crippen LogP) is 5.54. The molecule has 4 heterocycles.